The minimum absolute atomic E-state index is 0.0750. The summed E-state index contributed by atoms with van der Waals surface area (Å²) in [5.41, 5.74) is 2.23. The Balaban J connectivity index is 1.33. The summed E-state index contributed by atoms with van der Waals surface area (Å²) in [6.45, 7) is 2.06. The lowest BCUT2D eigenvalue weighted by molar-refractivity contribution is -0.121. The summed E-state index contributed by atoms with van der Waals surface area (Å²) in [4.78, 5) is 28.3. The number of piperidine rings is 1. The van der Waals surface area contributed by atoms with Crippen LogP contribution in [0.5, 0.6) is 0 Å². The summed E-state index contributed by atoms with van der Waals surface area (Å²) < 4.78 is 27.4. The molecule has 33 heavy (non-hydrogen) atoms. The van der Waals surface area contributed by atoms with Gasteiger partial charge in [-0.2, -0.15) is 4.31 Å². The lowest BCUT2D eigenvalue weighted by atomic mass is 10.0. The minimum Gasteiger partial charge on any atom is -0.353 e. The highest BCUT2D eigenvalue weighted by Crippen LogP contribution is 2.23. The fourth-order valence-corrected chi connectivity index (χ4v) is 5.53. The molecule has 2 N–H and O–H groups in total. The maximum Gasteiger partial charge on any atom is 0.243 e. The molecule has 3 aromatic rings. The van der Waals surface area contributed by atoms with Crippen LogP contribution in [-0.2, 0) is 26.0 Å². The van der Waals surface area contributed by atoms with Gasteiger partial charge >= 0.3 is 0 Å². The molecule has 4 rings (SSSR count). The first-order valence-corrected chi connectivity index (χ1v) is 12.3. The number of sulfonamides is 1. The Kier molecular flexibility index (Phi) is 6.71. The molecule has 0 atom stereocenters. The second-order valence-electron chi connectivity index (χ2n) is 8.12. The third-order valence-corrected chi connectivity index (χ3v) is 7.61. The molecule has 0 bridgehead atoms. The van der Waals surface area contributed by atoms with Crippen molar-refractivity contribution in [2.24, 2.45) is 0 Å². The molecule has 1 aliphatic heterocycles. The van der Waals surface area contributed by atoms with E-state index in [1.165, 1.54) is 23.4 Å². The van der Waals surface area contributed by atoms with Gasteiger partial charge in [-0.3, -0.25) is 14.6 Å². The highest BCUT2D eigenvalue weighted by molar-refractivity contribution is 7.89. The van der Waals surface area contributed by atoms with Crippen molar-refractivity contribution in [3.05, 3.63) is 66.4 Å². The molecule has 1 saturated heterocycles. The van der Waals surface area contributed by atoms with Gasteiger partial charge in [0.05, 0.1) is 16.8 Å². The van der Waals surface area contributed by atoms with Crippen LogP contribution in [0.3, 0.4) is 0 Å². The number of rotatable bonds is 6. The maximum absolute atomic E-state index is 13.0. The molecule has 1 fully saturated rings. The number of nitrogens with one attached hydrogen (secondary N) is 2. The Labute approximate surface area is 193 Å². The van der Waals surface area contributed by atoms with E-state index >= 15 is 0 Å². The van der Waals surface area contributed by atoms with Crippen LogP contribution in [0.4, 0.5) is 5.69 Å². The number of para-hydroxylation sites is 1. The zero-order chi connectivity index (χ0) is 23.4. The number of hydrogen-bond acceptors (Lipinski definition) is 5. The Morgan fingerprint density at radius 3 is 2.42 bits per heavy atom. The summed E-state index contributed by atoms with van der Waals surface area (Å²) in [6, 6.07) is 15.7. The van der Waals surface area contributed by atoms with Crippen LogP contribution in [0.2, 0.25) is 0 Å². The first kappa shape index (κ1) is 22.9. The lowest BCUT2D eigenvalue weighted by Crippen LogP contribution is -2.46. The van der Waals surface area contributed by atoms with Gasteiger partial charge in [0.2, 0.25) is 21.8 Å². The average Bonchev–Trinajstić information content (AvgIpc) is 2.80. The molecule has 2 aromatic carbocycles. The van der Waals surface area contributed by atoms with E-state index in [-0.39, 0.29) is 29.2 Å². The number of amides is 2. The molecule has 172 valence electrons. The minimum atomic E-state index is -3.63. The van der Waals surface area contributed by atoms with E-state index in [1.807, 2.05) is 30.3 Å². The molecule has 1 aliphatic rings. The molecule has 0 aliphatic carbocycles. The fourth-order valence-electron chi connectivity index (χ4n) is 4.06. The summed E-state index contributed by atoms with van der Waals surface area (Å²) >= 11 is 0. The third kappa shape index (κ3) is 5.37. The Hall–Kier alpha value is -3.30. The van der Waals surface area contributed by atoms with Crippen LogP contribution >= 0.6 is 0 Å². The Morgan fingerprint density at radius 2 is 1.73 bits per heavy atom. The number of hydrogen-bond donors (Lipinski definition) is 2. The first-order valence-electron chi connectivity index (χ1n) is 10.8. The number of anilines is 1. The van der Waals surface area contributed by atoms with Crippen molar-refractivity contribution < 1.29 is 18.0 Å². The quantitative estimate of drug-likeness (QED) is 0.581. The van der Waals surface area contributed by atoms with Gasteiger partial charge in [-0.15, -0.1) is 0 Å². The number of aromatic nitrogens is 1. The maximum atomic E-state index is 13.0. The van der Waals surface area contributed by atoms with E-state index in [4.69, 9.17) is 0 Å². The number of nitrogens with zero attached hydrogens (tertiary/aromatic N) is 2. The summed E-state index contributed by atoms with van der Waals surface area (Å²) in [7, 11) is -3.63. The van der Waals surface area contributed by atoms with Crippen LogP contribution in [-0.4, -0.2) is 48.7 Å². The smallest absolute Gasteiger partial charge is 0.243 e. The SMILES string of the molecule is CC(=O)Nc1ccc(S(=O)(=O)N2CCC(NC(=O)Cc3cccc4cccnc34)CC2)cc1. The zero-order valence-electron chi connectivity index (χ0n) is 18.3. The molecule has 0 unspecified atom stereocenters. The topological polar surface area (TPSA) is 108 Å². The van der Waals surface area contributed by atoms with Crippen molar-refractivity contribution in [1.82, 2.24) is 14.6 Å². The standard InChI is InChI=1S/C24H26N4O4S/c1-17(29)26-20-7-9-22(10-8-20)33(31,32)28-14-11-21(12-15-28)27-23(30)16-19-5-2-4-18-6-3-13-25-24(18)19/h2-10,13,21H,11-12,14-16H2,1H3,(H,26,29)(H,27,30). The van der Waals surface area contributed by atoms with Gasteiger partial charge in [0.15, 0.2) is 0 Å². The number of pyridine rings is 1. The third-order valence-electron chi connectivity index (χ3n) is 5.70. The van der Waals surface area contributed by atoms with Crippen LogP contribution in [0, 0.1) is 0 Å². The van der Waals surface area contributed by atoms with Gasteiger partial charge in [0, 0.05) is 43.3 Å². The number of benzene rings is 2. The van der Waals surface area contributed by atoms with Gasteiger partial charge in [-0.1, -0.05) is 24.3 Å². The van der Waals surface area contributed by atoms with Crippen LogP contribution in [0.15, 0.2) is 65.7 Å². The van der Waals surface area contributed by atoms with E-state index in [0.717, 1.165) is 16.5 Å². The largest absolute Gasteiger partial charge is 0.353 e. The van der Waals surface area contributed by atoms with E-state index < -0.39 is 10.0 Å². The number of carbonyl (C=O) groups excluding carboxylic acids is 2. The molecule has 1 aromatic heterocycles. The van der Waals surface area contributed by atoms with Gasteiger partial charge < -0.3 is 10.6 Å². The van der Waals surface area contributed by atoms with Gasteiger partial charge in [-0.05, 0) is 48.7 Å². The second-order valence-corrected chi connectivity index (χ2v) is 10.1. The van der Waals surface area contributed by atoms with Crippen molar-refractivity contribution in [1.29, 1.82) is 0 Å². The summed E-state index contributed by atoms with van der Waals surface area (Å²) in [5.74, 6) is -0.311. The van der Waals surface area contributed by atoms with Crippen LogP contribution in [0.25, 0.3) is 10.9 Å². The molecule has 2 amide bonds. The van der Waals surface area contributed by atoms with E-state index in [0.29, 0.717) is 31.6 Å². The molecule has 8 nitrogen and oxygen atoms in total. The van der Waals surface area contributed by atoms with Crippen molar-refractivity contribution >= 4 is 38.4 Å². The molecule has 2 heterocycles. The normalized spacial score (nSPS) is 15.3. The predicted molar refractivity (Wildman–Crippen MR) is 126 cm³/mol. The van der Waals surface area contributed by atoms with Crippen LogP contribution in [0.1, 0.15) is 25.3 Å². The molecular weight excluding hydrogens is 440 g/mol. The van der Waals surface area contributed by atoms with E-state index in [1.54, 1.807) is 18.3 Å². The number of fused-ring (bicyclic) bond motifs is 1. The summed E-state index contributed by atoms with van der Waals surface area (Å²) in [5, 5.41) is 6.66. The van der Waals surface area contributed by atoms with Crippen LogP contribution < -0.4 is 10.6 Å². The summed E-state index contributed by atoms with van der Waals surface area (Å²) in [6.07, 6.45) is 3.03. The number of carbonyl (C=O) groups is 2. The highest BCUT2D eigenvalue weighted by Gasteiger charge is 2.30. The first-order chi connectivity index (χ1) is 15.8. The Bertz CT molecular complexity index is 1260. The molecule has 0 saturated carbocycles. The molecule has 0 radical (unpaired) electrons. The average molecular weight is 467 g/mol. The zero-order valence-corrected chi connectivity index (χ0v) is 19.1. The van der Waals surface area contributed by atoms with E-state index in [2.05, 4.69) is 15.6 Å². The molecule has 9 heteroatoms. The highest BCUT2D eigenvalue weighted by atomic mass is 32.2. The van der Waals surface area contributed by atoms with Crippen molar-refractivity contribution in [3.63, 3.8) is 0 Å². The van der Waals surface area contributed by atoms with E-state index in [9.17, 15) is 18.0 Å². The van der Waals surface area contributed by atoms with Crippen molar-refractivity contribution in [3.8, 4) is 0 Å². The molecular formula is C24H26N4O4S. The van der Waals surface area contributed by atoms with Gasteiger partial charge in [-0.25, -0.2) is 8.42 Å². The molecule has 0 spiro atoms. The lowest BCUT2D eigenvalue weighted by Gasteiger charge is -2.31. The van der Waals surface area contributed by atoms with Gasteiger partial charge in [0.1, 0.15) is 0 Å². The Morgan fingerprint density at radius 1 is 1.03 bits per heavy atom. The van der Waals surface area contributed by atoms with Gasteiger partial charge in [0.25, 0.3) is 0 Å². The monoisotopic (exact) mass is 466 g/mol. The predicted octanol–water partition coefficient (Wildman–Crippen LogP) is 2.71. The second kappa shape index (κ2) is 9.68. The van der Waals surface area contributed by atoms with Crippen molar-refractivity contribution in [2.45, 2.75) is 37.1 Å². The fraction of sp³-hybridized carbons (Fsp3) is 0.292. The van der Waals surface area contributed by atoms with Crippen molar-refractivity contribution in [2.75, 3.05) is 18.4 Å².